The molecule has 2 aromatic carbocycles. The first-order valence-corrected chi connectivity index (χ1v) is 12.7. The number of benzene rings is 2. The molecule has 37 heavy (non-hydrogen) atoms. The van der Waals surface area contributed by atoms with Gasteiger partial charge in [0.25, 0.3) is 5.91 Å². The Morgan fingerprint density at radius 1 is 1.11 bits per heavy atom. The van der Waals surface area contributed by atoms with Crippen LogP contribution in [0.25, 0.3) is 10.1 Å². The molecule has 6 nitrogen and oxygen atoms in total. The quantitative estimate of drug-likeness (QED) is 0.359. The Bertz CT molecular complexity index is 1300. The second-order valence-corrected chi connectivity index (χ2v) is 10.1. The molecule has 2 amide bonds. The first-order valence-electron chi connectivity index (χ1n) is 11.8. The summed E-state index contributed by atoms with van der Waals surface area (Å²) in [5, 5.41) is 2.63. The summed E-state index contributed by atoms with van der Waals surface area (Å²) in [6, 6.07) is 12.2. The van der Waals surface area contributed by atoms with Gasteiger partial charge in [-0.15, -0.1) is 11.3 Å². The van der Waals surface area contributed by atoms with Crippen molar-refractivity contribution in [2.75, 3.05) is 20.2 Å². The maximum Gasteiger partial charge on any atom is 0.416 e. The number of fused-ring (bicyclic) bond motifs is 1. The normalized spacial score (nSPS) is 17.4. The predicted molar refractivity (Wildman–Crippen MR) is 134 cm³/mol. The third-order valence-corrected chi connectivity index (χ3v) is 7.78. The molecule has 0 radical (unpaired) electrons. The SMILES string of the molecule is COC(=O)CCCN(Cc1ccc(C(F)(F)F)cc1)C(=O)C1(C)CCN1C(=O)c1csc2ccccc12. The summed E-state index contributed by atoms with van der Waals surface area (Å²) in [6.45, 7) is 2.37. The van der Waals surface area contributed by atoms with Crippen LogP contribution in [0.5, 0.6) is 0 Å². The molecular formula is C27H27F3N2O4S. The van der Waals surface area contributed by atoms with Crippen molar-refractivity contribution in [1.82, 2.24) is 9.80 Å². The van der Waals surface area contributed by atoms with Gasteiger partial charge in [0, 0.05) is 41.5 Å². The van der Waals surface area contributed by atoms with Crippen molar-refractivity contribution < 1.29 is 32.3 Å². The molecule has 1 aromatic heterocycles. The number of carbonyl (C=O) groups excluding carboxylic acids is 3. The molecule has 0 aliphatic carbocycles. The standard InChI is InChI=1S/C27H27F3N2O4S/c1-26(13-15-32(26)24(34)21-17-37-22-7-4-3-6-20(21)22)25(35)31(14-5-8-23(33)36-2)16-18-9-11-19(12-10-18)27(28,29)30/h3-4,6-7,9-12,17H,5,8,13-16H2,1-2H3. The lowest BCUT2D eigenvalue weighted by Gasteiger charge is -2.51. The van der Waals surface area contributed by atoms with Crippen LogP contribution in [0, 0.1) is 0 Å². The first kappa shape index (κ1) is 26.7. The molecule has 1 aliphatic heterocycles. The van der Waals surface area contributed by atoms with Crippen molar-refractivity contribution in [1.29, 1.82) is 0 Å². The van der Waals surface area contributed by atoms with Crippen molar-refractivity contribution in [3.63, 3.8) is 0 Å². The van der Waals surface area contributed by atoms with Crippen LogP contribution < -0.4 is 0 Å². The zero-order chi connectivity index (χ0) is 26.8. The Morgan fingerprint density at radius 2 is 1.81 bits per heavy atom. The maximum atomic E-state index is 13.8. The van der Waals surface area contributed by atoms with Gasteiger partial charge in [-0.3, -0.25) is 14.4 Å². The Morgan fingerprint density at radius 3 is 2.43 bits per heavy atom. The average Bonchev–Trinajstić information content (AvgIpc) is 3.30. The van der Waals surface area contributed by atoms with E-state index in [4.69, 9.17) is 0 Å². The van der Waals surface area contributed by atoms with Crippen molar-refractivity contribution in [2.45, 2.75) is 44.4 Å². The highest BCUT2D eigenvalue weighted by molar-refractivity contribution is 7.17. The number of rotatable bonds is 8. The average molecular weight is 533 g/mol. The number of ether oxygens (including phenoxy) is 1. The summed E-state index contributed by atoms with van der Waals surface area (Å²) >= 11 is 1.46. The number of amides is 2. The molecule has 1 fully saturated rings. The maximum absolute atomic E-state index is 13.8. The topological polar surface area (TPSA) is 66.9 Å². The molecule has 0 bridgehead atoms. The Kier molecular flexibility index (Phi) is 7.59. The highest BCUT2D eigenvalue weighted by Gasteiger charge is 2.51. The lowest BCUT2D eigenvalue weighted by atomic mass is 9.84. The van der Waals surface area contributed by atoms with Crippen LogP contribution in [0.2, 0.25) is 0 Å². The van der Waals surface area contributed by atoms with Crippen molar-refractivity contribution in [3.05, 3.63) is 70.6 Å². The summed E-state index contributed by atoms with van der Waals surface area (Å²) in [6.07, 6.45) is -3.59. The van der Waals surface area contributed by atoms with Gasteiger partial charge in [0.15, 0.2) is 0 Å². The van der Waals surface area contributed by atoms with E-state index in [1.807, 2.05) is 24.3 Å². The number of thiophene rings is 1. The minimum Gasteiger partial charge on any atom is -0.469 e. The van der Waals surface area contributed by atoms with Crippen LogP contribution in [-0.2, 0) is 27.0 Å². The van der Waals surface area contributed by atoms with Crippen LogP contribution >= 0.6 is 11.3 Å². The number of carbonyl (C=O) groups is 3. The fourth-order valence-corrected chi connectivity index (χ4v) is 5.46. The molecule has 3 aromatic rings. The summed E-state index contributed by atoms with van der Waals surface area (Å²) in [5.74, 6) is -0.960. The number of methoxy groups -OCH3 is 1. The van der Waals surface area contributed by atoms with E-state index < -0.39 is 23.2 Å². The monoisotopic (exact) mass is 532 g/mol. The van der Waals surface area contributed by atoms with Crippen LogP contribution in [0.15, 0.2) is 53.9 Å². The van der Waals surface area contributed by atoms with Crippen LogP contribution in [0.1, 0.15) is 47.7 Å². The van der Waals surface area contributed by atoms with Gasteiger partial charge >= 0.3 is 12.1 Å². The summed E-state index contributed by atoms with van der Waals surface area (Å²) in [4.78, 5) is 42.0. The highest BCUT2D eigenvalue weighted by Crippen LogP contribution is 2.37. The molecule has 4 rings (SSSR count). The van der Waals surface area contributed by atoms with Crippen molar-refractivity contribution in [3.8, 4) is 0 Å². The molecular weight excluding hydrogens is 505 g/mol. The lowest BCUT2D eigenvalue weighted by molar-refractivity contribution is -0.150. The molecule has 0 N–H and O–H groups in total. The van der Waals surface area contributed by atoms with E-state index in [-0.39, 0.29) is 31.3 Å². The van der Waals surface area contributed by atoms with Gasteiger partial charge in [-0.1, -0.05) is 30.3 Å². The molecule has 1 unspecified atom stereocenters. The Labute approximate surface area is 216 Å². The smallest absolute Gasteiger partial charge is 0.416 e. The van der Waals surface area contributed by atoms with E-state index in [0.29, 0.717) is 30.5 Å². The number of alkyl halides is 3. The molecule has 0 spiro atoms. The summed E-state index contributed by atoms with van der Waals surface area (Å²) < 4.78 is 44.6. The van der Waals surface area contributed by atoms with Gasteiger partial charge in [0.05, 0.1) is 18.2 Å². The minimum absolute atomic E-state index is 0.0527. The molecule has 1 saturated heterocycles. The van der Waals surface area contributed by atoms with E-state index in [2.05, 4.69) is 4.74 Å². The van der Waals surface area contributed by atoms with Gasteiger partial charge in [-0.25, -0.2) is 0 Å². The number of hydrogen-bond donors (Lipinski definition) is 0. The predicted octanol–water partition coefficient (Wildman–Crippen LogP) is 5.51. The zero-order valence-corrected chi connectivity index (χ0v) is 21.3. The minimum atomic E-state index is -4.46. The van der Waals surface area contributed by atoms with Gasteiger partial charge < -0.3 is 14.5 Å². The lowest BCUT2D eigenvalue weighted by Crippen LogP contribution is -2.67. The molecule has 0 saturated carbocycles. The summed E-state index contributed by atoms with van der Waals surface area (Å²) in [7, 11) is 1.28. The molecule has 196 valence electrons. The Hall–Kier alpha value is -3.40. The molecule has 1 aliphatic rings. The van der Waals surface area contributed by atoms with Crippen LogP contribution in [0.3, 0.4) is 0 Å². The second kappa shape index (κ2) is 10.5. The zero-order valence-electron chi connectivity index (χ0n) is 20.5. The second-order valence-electron chi connectivity index (χ2n) is 9.23. The number of esters is 1. The first-order chi connectivity index (χ1) is 17.5. The largest absolute Gasteiger partial charge is 0.469 e. The van der Waals surface area contributed by atoms with Gasteiger partial charge in [-0.05, 0) is 43.5 Å². The van der Waals surface area contributed by atoms with Gasteiger partial charge in [0.2, 0.25) is 5.91 Å². The van der Waals surface area contributed by atoms with Crippen molar-refractivity contribution >= 4 is 39.2 Å². The number of nitrogens with zero attached hydrogens (tertiary/aromatic N) is 2. The molecule has 10 heteroatoms. The third-order valence-electron chi connectivity index (χ3n) is 6.81. The fraction of sp³-hybridized carbons (Fsp3) is 0.370. The van der Waals surface area contributed by atoms with E-state index in [1.165, 1.54) is 35.5 Å². The van der Waals surface area contributed by atoms with E-state index in [9.17, 15) is 27.6 Å². The fourth-order valence-electron chi connectivity index (χ4n) is 4.52. The van der Waals surface area contributed by atoms with Gasteiger partial charge in [0.1, 0.15) is 5.54 Å². The van der Waals surface area contributed by atoms with E-state index in [1.54, 1.807) is 17.2 Å². The van der Waals surface area contributed by atoms with E-state index in [0.717, 1.165) is 22.2 Å². The summed E-state index contributed by atoms with van der Waals surface area (Å²) in [5.41, 5.74) is -0.814. The number of halogens is 3. The van der Waals surface area contributed by atoms with Crippen LogP contribution in [-0.4, -0.2) is 53.3 Å². The molecule has 2 heterocycles. The number of hydrogen-bond acceptors (Lipinski definition) is 5. The Balaban J connectivity index is 1.55. The van der Waals surface area contributed by atoms with Gasteiger partial charge in [-0.2, -0.15) is 13.2 Å². The highest BCUT2D eigenvalue weighted by atomic mass is 32.1. The van der Waals surface area contributed by atoms with Crippen molar-refractivity contribution in [2.24, 2.45) is 0 Å². The third kappa shape index (κ3) is 5.49. The number of likely N-dealkylation sites (tertiary alicyclic amines) is 1. The molecule has 1 atom stereocenters. The van der Waals surface area contributed by atoms with Crippen LogP contribution in [0.4, 0.5) is 13.2 Å². The van der Waals surface area contributed by atoms with E-state index >= 15 is 0 Å².